The summed E-state index contributed by atoms with van der Waals surface area (Å²) in [7, 11) is 0. The highest BCUT2D eigenvalue weighted by Crippen LogP contribution is 2.25. The third-order valence-electron chi connectivity index (χ3n) is 2.77. The Morgan fingerprint density at radius 3 is 2.29 bits per heavy atom. The van der Waals surface area contributed by atoms with E-state index in [4.69, 9.17) is 5.26 Å². The molecule has 0 aliphatic carbocycles. The van der Waals surface area contributed by atoms with Crippen molar-refractivity contribution in [1.82, 2.24) is 0 Å². The number of hydrogen-bond acceptors (Lipinski definition) is 1. The van der Waals surface area contributed by atoms with Crippen molar-refractivity contribution >= 4 is 0 Å². The molecule has 14 heavy (non-hydrogen) atoms. The van der Waals surface area contributed by atoms with Gasteiger partial charge in [0.15, 0.2) is 0 Å². The van der Waals surface area contributed by atoms with Crippen LogP contribution < -0.4 is 0 Å². The third kappa shape index (κ3) is 2.60. The fourth-order valence-corrected chi connectivity index (χ4v) is 1.40. The normalized spacial score (nSPS) is 14.4. The van der Waals surface area contributed by atoms with Crippen molar-refractivity contribution in [3.8, 4) is 6.07 Å². The van der Waals surface area contributed by atoms with Crippen LogP contribution in [0.3, 0.4) is 0 Å². The molecule has 1 aromatic carbocycles. The molecule has 1 heteroatoms. The Morgan fingerprint density at radius 2 is 1.86 bits per heavy atom. The minimum atomic E-state index is -0.213. The third-order valence-corrected chi connectivity index (χ3v) is 2.77. The van der Waals surface area contributed by atoms with Crippen LogP contribution in [0.5, 0.6) is 0 Å². The Morgan fingerprint density at radius 1 is 1.29 bits per heavy atom. The first kappa shape index (κ1) is 10.8. The second kappa shape index (κ2) is 4.28. The molecule has 0 saturated heterocycles. The molecule has 1 nitrogen and oxygen atoms in total. The molecular weight excluding hydrogens is 170 g/mol. The number of nitrogens with zero attached hydrogens (tertiary/aromatic N) is 1. The van der Waals surface area contributed by atoms with Crippen molar-refractivity contribution in [3.63, 3.8) is 0 Å². The number of hydrogen-bond donors (Lipinski definition) is 0. The van der Waals surface area contributed by atoms with Crippen molar-refractivity contribution in [2.45, 2.75) is 33.6 Å². The molecule has 0 aromatic heterocycles. The van der Waals surface area contributed by atoms with E-state index in [0.717, 1.165) is 12.8 Å². The molecule has 1 unspecified atom stereocenters. The molecule has 0 saturated carbocycles. The van der Waals surface area contributed by atoms with Gasteiger partial charge in [0.05, 0.1) is 11.5 Å². The van der Waals surface area contributed by atoms with Gasteiger partial charge in [0.1, 0.15) is 0 Å². The van der Waals surface area contributed by atoms with Crippen LogP contribution >= 0.6 is 0 Å². The first-order chi connectivity index (χ1) is 6.59. The summed E-state index contributed by atoms with van der Waals surface area (Å²) in [5.74, 6) is 0. The maximum absolute atomic E-state index is 9.05. The summed E-state index contributed by atoms with van der Waals surface area (Å²) in [6, 6.07) is 10.8. The van der Waals surface area contributed by atoms with Gasteiger partial charge in [0, 0.05) is 0 Å². The lowest BCUT2D eigenvalue weighted by Crippen LogP contribution is -2.15. The van der Waals surface area contributed by atoms with E-state index < -0.39 is 0 Å². The van der Waals surface area contributed by atoms with Crippen molar-refractivity contribution in [3.05, 3.63) is 35.4 Å². The SMILES string of the molecule is CCC(C)(C#N)Cc1ccc(C)cc1. The zero-order valence-corrected chi connectivity index (χ0v) is 9.17. The van der Waals surface area contributed by atoms with Gasteiger partial charge in [-0.05, 0) is 32.3 Å². The van der Waals surface area contributed by atoms with Crippen LogP contribution in [0.15, 0.2) is 24.3 Å². The maximum atomic E-state index is 9.05. The maximum Gasteiger partial charge on any atom is 0.0690 e. The highest BCUT2D eigenvalue weighted by molar-refractivity contribution is 5.23. The lowest BCUT2D eigenvalue weighted by atomic mass is 9.83. The lowest BCUT2D eigenvalue weighted by molar-refractivity contribution is 0.423. The second-order valence-electron chi connectivity index (χ2n) is 4.19. The molecule has 0 radical (unpaired) electrons. The Kier molecular flexibility index (Phi) is 3.30. The second-order valence-corrected chi connectivity index (χ2v) is 4.19. The van der Waals surface area contributed by atoms with Crippen LogP contribution in [0, 0.1) is 23.7 Å². The molecule has 0 heterocycles. The predicted molar refractivity (Wildman–Crippen MR) is 58.9 cm³/mol. The van der Waals surface area contributed by atoms with Crippen molar-refractivity contribution in [1.29, 1.82) is 5.26 Å². The quantitative estimate of drug-likeness (QED) is 0.710. The standard InChI is InChI=1S/C13H17N/c1-4-13(3,10-14)9-12-7-5-11(2)6-8-12/h5-8H,4,9H2,1-3H3. The molecule has 1 aromatic rings. The van der Waals surface area contributed by atoms with Gasteiger partial charge in [-0.3, -0.25) is 0 Å². The van der Waals surface area contributed by atoms with E-state index in [-0.39, 0.29) is 5.41 Å². The highest BCUT2D eigenvalue weighted by Gasteiger charge is 2.21. The zero-order valence-electron chi connectivity index (χ0n) is 9.17. The molecular formula is C13H17N. The predicted octanol–water partition coefficient (Wildman–Crippen LogP) is 3.48. The fraction of sp³-hybridized carbons (Fsp3) is 0.462. The van der Waals surface area contributed by atoms with Gasteiger partial charge in [-0.2, -0.15) is 5.26 Å². The monoisotopic (exact) mass is 187 g/mol. The molecule has 0 spiro atoms. The van der Waals surface area contributed by atoms with Crippen LogP contribution in [-0.4, -0.2) is 0 Å². The average molecular weight is 187 g/mol. The van der Waals surface area contributed by atoms with Gasteiger partial charge in [-0.25, -0.2) is 0 Å². The van der Waals surface area contributed by atoms with E-state index in [1.807, 2.05) is 6.92 Å². The number of nitriles is 1. The smallest absolute Gasteiger partial charge is 0.0690 e. The van der Waals surface area contributed by atoms with Crippen molar-refractivity contribution < 1.29 is 0 Å². The molecule has 0 bridgehead atoms. The number of aryl methyl sites for hydroxylation is 1. The van der Waals surface area contributed by atoms with Gasteiger partial charge >= 0.3 is 0 Å². The minimum Gasteiger partial charge on any atom is -0.198 e. The van der Waals surface area contributed by atoms with E-state index in [2.05, 4.69) is 44.2 Å². The van der Waals surface area contributed by atoms with Gasteiger partial charge < -0.3 is 0 Å². The number of benzene rings is 1. The van der Waals surface area contributed by atoms with Gasteiger partial charge in [0.2, 0.25) is 0 Å². The van der Waals surface area contributed by atoms with Crippen LogP contribution in [0.25, 0.3) is 0 Å². The van der Waals surface area contributed by atoms with E-state index in [9.17, 15) is 0 Å². The first-order valence-corrected chi connectivity index (χ1v) is 5.06. The highest BCUT2D eigenvalue weighted by atomic mass is 14.3. The average Bonchev–Trinajstić information content (AvgIpc) is 2.21. The minimum absolute atomic E-state index is 0.213. The Bertz CT molecular complexity index is 331. The topological polar surface area (TPSA) is 23.8 Å². The largest absolute Gasteiger partial charge is 0.198 e. The first-order valence-electron chi connectivity index (χ1n) is 5.06. The summed E-state index contributed by atoms with van der Waals surface area (Å²) < 4.78 is 0. The Labute approximate surface area is 86.4 Å². The lowest BCUT2D eigenvalue weighted by Gasteiger charge is -2.19. The summed E-state index contributed by atoms with van der Waals surface area (Å²) in [5.41, 5.74) is 2.31. The van der Waals surface area contributed by atoms with E-state index in [1.165, 1.54) is 11.1 Å². The molecule has 0 fully saturated rings. The molecule has 74 valence electrons. The Hall–Kier alpha value is -1.29. The van der Waals surface area contributed by atoms with Crippen molar-refractivity contribution in [2.24, 2.45) is 5.41 Å². The molecule has 0 aliphatic heterocycles. The van der Waals surface area contributed by atoms with Gasteiger partial charge in [-0.15, -0.1) is 0 Å². The fourth-order valence-electron chi connectivity index (χ4n) is 1.40. The molecule has 0 amide bonds. The summed E-state index contributed by atoms with van der Waals surface area (Å²) >= 11 is 0. The van der Waals surface area contributed by atoms with E-state index >= 15 is 0 Å². The zero-order chi connectivity index (χ0) is 10.6. The molecule has 1 atom stereocenters. The summed E-state index contributed by atoms with van der Waals surface area (Å²) in [5, 5.41) is 9.05. The van der Waals surface area contributed by atoms with Crippen LogP contribution in [0.1, 0.15) is 31.4 Å². The van der Waals surface area contributed by atoms with E-state index in [1.54, 1.807) is 0 Å². The van der Waals surface area contributed by atoms with Crippen LogP contribution in [0.2, 0.25) is 0 Å². The number of rotatable bonds is 3. The molecule has 0 aliphatic rings. The van der Waals surface area contributed by atoms with Crippen molar-refractivity contribution in [2.75, 3.05) is 0 Å². The molecule has 1 rings (SSSR count). The van der Waals surface area contributed by atoms with Gasteiger partial charge in [-0.1, -0.05) is 36.8 Å². The summed E-state index contributed by atoms with van der Waals surface area (Å²) in [6.45, 7) is 6.16. The summed E-state index contributed by atoms with van der Waals surface area (Å²) in [6.07, 6.45) is 1.75. The van der Waals surface area contributed by atoms with E-state index in [0.29, 0.717) is 0 Å². The van der Waals surface area contributed by atoms with Crippen LogP contribution in [0.4, 0.5) is 0 Å². The summed E-state index contributed by atoms with van der Waals surface area (Å²) in [4.78, 5) is 0. The Balaban J connectivity index is 2.79. The van der Waals surface area contributed by atoms with Gasteiger partial charge in [0.25, 0.3) is 0 Å². The molecule has 0 N–H and O–H groups in total. The van der Waals surface area contributed by atoms with Crippen LogP contribution in [-0.2, 0) is 6.42 Å².